The minimum Gasteiger partial charge on any atom is -0.349 e. The molecule has 3 aromatic heterocycles. The third-order valence-corrected chi connectivity index (χ3v) is 8.12. The van der Waals surface area contributed by atoms with Gasteiger partial charge in [-0.25, -0.2) is 23.4 Å². The number of pyridine rings is 2. The number of para-hydroxylation sites is 2. The van der Waals surface area contributed by atoms with Gasteiger partial charge in [0, 0.05) is 44.1 Å². The summed E-state index contributed by atoms with van der Waals surface area (Å²) in [5.41, 5.74) is 1.15. The number of amides is 3. The Kier molecular flexibility index (Phi) is 7.63. The Morgan fingerprint density at radius 2 is 1.83 bits per heavy atom. The summed E-state index contributed by atoms with van der Waals surface area (Å²) in [6.07, 6.45) is 2.59. The molecule has 6 rings (SSSR count). The lowest BCUT2D eigenvalue weighted by Crippen LogP contribution is -2.39. The molecule has 1 aromatic carbocycles. The van der Waals surface area contributed by atoms with Gasteiger partial charge in [-0.05, 0) is 55.9 Å². The van der Waals surface area contributed by atoms with E-state index in [2.05, 4.69) is 20.6 Å². The number of aromatic nitrogens is 4. The molecular weight excluding hydrogens is 568 g/mol. The van der Waals surface area contributed by atoms with Crippen LogP contribution in [0.15, 0.2) is 59.7 Å². The zero-order valence-electron chi connectivity index (χ0n) is 22.5. The first-order chi connectivity index (χ1) is 20.3. The number of halogens is 3. The highest BCUT2D eigenvalue weighted by Crippen LogP contribution is 2.29. The van der Waals surface area contributed by atoms with Crippen molar-refractivity contribution in [2.45, 2.75) is 44.7 Å². The number of carbonyl (C=O) groups excluding carboxylic acids is 2. The van der Waals surface area contributed by atoms with Gasteiger partial charge < -0.3 is 10.6 Å². The van der Waals surface area contributed by atoms with Crippen LogP contribution in [0, 0.1) is 5.92 Å². The van der Waals surface area contributed by atoms with Gasteiger partial charge in [0.15, 0.2) is 0 Å². The van der Waals surface area contributed by atoms with Gasteiger partial charge in [-0.2, -0.15) is 0 Å². The molecule has 0 bridgehead atoms. The molecule has 1 aliphatic heterocycles. The van der Waals surface area contributed by atoms with Gasteiger partial charge in [0.25, 0.3) is 12.3 Å². The van der Waals surface area contributed by atoms with Gasteiger partial charge in [0.1, 0.15) is 11.5 Å². The lowest BCUT2D eigenvalue weighted by molar-refractivity contribution is 0.0904. The molecule has 4 aromatic rings. The van der Waals surface area contributed by atoms with E-state index in [0.717, 1.165) is 30.1 Å². The molecule has 2 aliphatic rings. The number of fused-ring (bicyclic) bond motifs is 1. The van der Waals surface area contributed by atoms with Crippen molar-refractivity contribution in [1.82, 2.24) is 29.7 Å². The SMILES string of the molecule is O=C(NC1CCC(Cn2c(=O)n(-c3ccnc(N4CCNC4=O)c3)c3ccccc32)CC1)c1cc(Cl)cnc1C(F)F. The van der Waals surface area contributed by atoms with Crippen LogP contribution in [0.4, 0.5) is 19.4 Å². The molecule has 218 valence electrons. The van der Waals surface area contributed by atoms with Gasteiger partial charge in [-0.3, -0.25) is 23.8 Å². The Hall–Kier alpha value is -4.32. The fourth-order valence-electron chi connectivity index (χ4n) is 5.84. The lowest BCUT2D eigenvalue weighted by atomic mass is 9.85. The average Bonchev–Trinajstić information content (AvgIpc) is 3.54. The largest absolute Gasteiger partial charge is 0.349 e. The molecule has 42 heavy (non-hydrogen) atoms. The molecule has 1 aliphatic carbocycles. The number of hydrogen-bond donors (Lipinski definition) is 2. The third-order valence-electron chi connectivity index (χ3n) is 7.92. The molecule has 2 fully saturated rings. The van der Waals surface area contributed by atoms with E-state index < -0.39 is 18.0 Å². The van der Waals surface area contributed by atoms with Crippen LogP contribution in [-0.2, 0) is 6.54 Å². The zero-order valence-corrected chi connectivity index (χ0v) is 23.2. The number of nitrogens with zero attached hydrogens (tertiary/aromatic N) is 5. The molecule has 0 radical (unpaired) electrons. The van der Waals surface area contributed by atoms with Crippen molar-refractivity contribution in [3.05, 3.63) is 81.6 Å². The van der Waals surface area contributed by atoms with Crippen molar-refractivity contribution in [3.8, 4) is 5.69 Å². The number of urea groups is 1. The molecule has 2 N–H and O–H groups in total. The summed E-state index contributed by atoms with van der Waals surface area (Å²) in [5.74, 6) is 0.0351. The van der Waals surface area contributed by atoms with E-state index in [1.54, 1.807) is 32.4 Å². The van der Waals surface area contributed by atoms with Crippen molar-refractivity contribution in [2.75, 3.05) is 18.0 Å². The molecule has 13 heteroatoms. The summed E-state index contributed by atoms with van der Waals surface area (Å²) in [6, 6.07) is 11.9. The second-order valence-corrected chi connectivity index (χ2v) is 11.0. The first kappa shape index (κ1) is 27.8. The van der Waals surface area contributed by atoms with E-state index in [1.165, 1.54) is 6.07 Å². The monoisotopic (exact) mass is 595 g/mol. The Bertz CT molecular complexity index is 1720. The smallest absolute Gasteiger partial charge is 0.333 e. The second-order valence-electron chi connectivity index (χ2n) is 10.6. The summed E-state index contributed by atoms with van der Waals surface area (Å²) in [5, 5.41) is 5.73. The van der Waals surface area contributed by atoms with Crippen molar-refractivity contribution in [1.29, 1.82) is 0 Å². The number of hydrogen-bond acceptors (Lipinski definition) is 5. The summed E-state index contributed by atoms with van der Waals surface area (Å²) >= 11 is 5.90. The number of nitrogens with one attached hydrogen (secondary N) is 2. The molecule has 0 atom stereocenters. The maximum absolute atomic E-state index is 13.8. The van der Waals surface area contributed by atoms with Gasteiger partial charge in [0.05, 0.1) is 27.3 Å². The first-order valence-electron chi connectivity index (χ1n) is 13.8. The van der Waals surface area contributed by atoms with E-state index in [1.807, 2.05) is 24.3 Å². The van der Waals surface area contributed by atoms with Crippen LogP contribution in [0.3, 0.4) is 0 Å². The quantitative estimate of drug-likeness (QED) is 0.322. The van der Waals surface area contributed by atoms with Crippen LogP contribution >= 0.6 is 11.6 Å². The topological polar surface area (TPSA) is 114 Å². The second kappa shape index (κ2) is 11.5. The van der Waals surface area contributed by atoms with Gasteiger partial charge in [0.2, 0.25) is 0 Å². The Labute approximate surface area is 244 Å². The summed E-state index contributed by atoms with van der Waals surface area (Å²) in [4.78, 5) is 48.3. The molecule has 0 unspecified atom stereocenters. The number of benzene rings is 1. The number of anilines is 1. The third kappa shape index (κ3) is 5.34. The normalized spacial score (nSPS) is 19.0. The van der Waals surface area contributed by atoms with Crippen LogP contribution < -0.4 is 21.2 Å². The minimum absolute atomic E-state index is 0.113. The molecule has 3 amide bonds. The number of alkyl halides is 2. The molecule has 1 saturated carbocycles. The van der Waals surface area contributed by atoms with Crippen LogP contribution in [0.2, 0.25) is 5.02 Å². The summed E-state index contributed by atoms with van der Waals surface area (Å²) in [6.45, 7) is 1.52. The highest BCUT2D eigenvalue weighted by Gasteiger charge is 2.28. The number of imidazole rings is 1. The van der Waals surface area contributed by atoms with E-state index >= 15 is 0 Å². The first-order valence-corrected chi connectivity index (χ1v) is 14.1. The van der Waals surface area contributed by atoms with E-state index in [-0.39, 0.29) is 34.3 Å². The average molecular weight is 596 g/mol. The Balaban J connectivity index is 1.18. The van der Waals surface area contributed by atoms with Gasteiger partial charge in [-0.1, -0.05) is 23.7 Å². The predicted molar refractivity (Wildman–Crippen MR) is 153 cm³/mol. The van der Waals surface area contributed by atoms with Crippen LogP contribution in [0.25, 0.3) is 16.7 Å². The maximum atomic E-state index is 13.8. The Morgan fingerprint density at radius 3 is 2.55 bits per heavy atom. The molecule has 1 saturated heterocycles. The highest BCUT2D eigenvalue weighted by atomic mass is 35.5. The fraction of sp³-hybridized carbons (Fsp3) is 0.345. The van der Waals surface area contributed by atoms with Gasteiger partial charge >= 0.3 is 11.7 Å². The van der Waals surface area contributed by atoms with Gasteiger partial charge in [-0.15, -0.1) is 0 Å². The van der Waals surface area contributed by atoms with Crippen molar-refractivity contribution < 1.29 is 18.4 Å². The molecule has 4 heterocycles. The molecule has 0 spiro atoms. The Morgan fingerprint density at radius 1 is 1.07 bits per heavy atom. The molecule has 10 nitrogen and oxygen atoms in total. The summed E-state index contributed by atoms with van der Waals surface area (Å²) in [7, 11) is 0. The zero-order chi connectivity index (χ0) is 29.4. The molecular formula is C29H28ClF2N7O3. The summed E-state index contributed by atoms with van der Waals surface area (Å²) < 4.78 is 30.2. The van der Waals surface area contributed by atoms with Crippen LogP contribution in [-0.4, -0.2) is 50.2 Å². The standard InChI is InChI=1S/C29H28ClF2N7O3/c30-18-13-21(25(26(31)32)35-15-18)27(40)36-19-7-5-17(6-8-19)16-38-22-3-1-2-4-23(22)39(29(38)42)20-9-10-33-24(14-20)37-12-11-34-28(37)41/h1-4,9-10,13-15,17,19,26H,5-8,11-12,16H2,(H,34,41)(H,36,40). The number of carbonyl (C=O) groups is 2. The van der Waals surface area contributed by atoms with E-state index in [9.17, 15) is 23.2 Å². The minimum atomic E-state index is -2.89. The highest BCUT2D eigenvalue weighted by molar-refractivity contribution is 6.30. The fourth-order valence-corrected chi connectivity index (χ4v) is 5.99. The van der Waals surface area contributed by atoms with Crippen molar-refractivity contribution >= 4 is 40.4 Å². The van der Waals surface area contributed by atoms with Crippen molar-refractivity contribution in [3.63, 3.8) is 0 Å². The van der Waals surface area contributed by atoms with E-state index in [4.69, 9.17) is 11.6 Å². The van der Waals surface area contributed by atoms with E-state index in [0.29, 0.717) is 44.0 Å². The van der Waals surface area contributed by atoms with Crippen molar-refractivity contribution in [2.24, 2.45) is 5.92 Å². The maximum Gasteiger partial charge on any atom is 0.333 e. The van der Waals surface area contributed by atoms with Crippen LogP contribution in [0.1, 0.15) is 48.2 Å². The number of rotatable bonds is 7. The van der Waals surface area contributed by atoms with Crippen LogP contribution in [0.5, 0.6) is 0 Å². The lowest BCUT2D eigenvalue weighted by Gasteiger charge is -2.29. The predicted octanol–water partition coefficient (Wildman–Crippen LogP) is 4.69.